The third kappa shape index (κ3) is 2.64. The summed E-state index contributed by atoms with van der Waals surface area (Å²) in [5.41, 5.74) is 3.76. The second kappa shape index (κ2) is 4.96. The third-order valence-electron chi connectivity index (χ3n) is 3.51. The van der Waals surface area contributed by atoms with Gasteiger partial charge in [-0.25, -0.2) is 4.79 Å². The Bertz CT molecular complexity index is 646. The Morgan fingerprint density at radius 3 is 2.70 bits per heavy atom. The summed E-state index contributed by atoms with van der Waals surface area (Å²) in [5, 5.41) is 12.5. The molecule has 1 aromatic heterocycles. The van der Waals surface area contributed by atoms with Gasteiger partial charge in [0.2, 0.25) is 0 Å². The summed E-state index contributed by atoms with van der Waals surface area (Å²) in [7, 11) is 0. The van der Waals surface area contributed by atoms with Gasteiger partial charge < -0.3 is 10.4 Å². The van der Waals surface area contributed by atoms with Crippen LogP contribution in [0.5, 0.6) is 0 Å². The third-order valence-corrected chi connectivity index (χ3v) is 3.51. The molecule has 102 valence electrons. The fraction of sp³-hybridized carbons (Fsp3) is 0.250. The minimum absolute atomic E-state index is 0.315. The highest BCUT2D eigenvalue weighted by atomic mass is 16.4. The number of nitrogens with zero attached hydrogens (tertiary/aromatic N) is 1. The summed E-state index contributed by atoms with van der Waals surface area (Å²) < 4.78 is 0. The van der Waals surface area contributed by atoms with Gasteiger partial charge >= 0.3 is 5.97 Å². The number of hydrogen-bond acceptors (Lipinski definition) is 3. The van der Waals surface area contributed by atoms with Crippen molar-refractivity contribution >= 4 is 17.3 Å². The number of hydrogen-bond donors (Lipinski definition) is 2. The first-order valence-electron chi connectivity index (χ1n) is 6.70. The zero-order valence-corrected chi connectivity index (χ0v) is 11.3. The fourth-order valence-corrected chi connectivity index (χ4v) is 2.22. The number of aromatic nitrogens is 1. The van der Waals surface area contributed by atoms with Gasteiger partial charge in [0, 0.05) is 5.69 Å². The summed E-state index contributed by atoms with van der Waals surface area (Å²) in [6.45, 7) is 1.91. The first-order chi connectivity index (χ1) is 9.63. The predicted octanol–water partition coefficient (Wildman–Crippen LogP) is 3.71. The molecule has 2 N–H and O–H groups in total. The molecule has 0 atom stereocenters. The lowest BCUT2D eigenvalue weighted by atomic mass is 10.0. The van der Waals surface area contributed by atoms with Crippen LogP contribution < -0.4 is 5.32 Å². The molecule has 0 amide bonds. The molecule has 2 aromatic rings. The van der Waals surface area contributed by atoms with Crippen LogP contribution in [0.1, 0.15) is 40.4 Å². The number of pyridine rings is 1. The van der Waals surface area contributed by atoms with Crippen LogP contribution in [0.15, 0.2) is 36.5 Å². The molecule has 0 saturated heterocycles. The molecular formula is C16H16N2O2. The van der Waals surface area contributed by atoms with Crippen molar-refractivity contribution in [1.82, 2.24) is 4.98 Å². The van der Waals surface area contributed by atoms with E-state index in [1.54, 1.807) is 12.3 Å². The Kier molecular flexibility index (Phi) is 3.14. The zero-order valence-electron chi connectivity index (χ0n) is 11.3. The van der Waals surface area contributed by atoms with Crippen molar-refractivity contribution in [3.05, 3.63) is 53.3 Å². The lowest BCUT2D eigenvalue weighted by molar-refractivity contribution is 0.0698. The van der Waals surface area contributed by atoms with Gasteiger partial charge in [-0.15, -0.1) is 0 Å². The highest BCUT2D eigenvalue weighted by Gasteiger charge is 2.25. The molecule has 4 nitrogen and oxygen atoms in total. The number of aryl methyl sites for hydroxylation is 1. The van der Waals surface area contributed by atoms with Crippen molar-refractivity contribution in [2.45, 2.75) is 25.7 Å². The summed E-state index contributed by atoms with van der Waals surface area (Å²) in [6.07, 6.45) is 4.02. The van der Waals surface area contributed by atoms with Crippen LogP contribution in [0.3, 0.4) is 0 Å². The SMILES string of the molecule is Cc1ccc(Nc2ccc(C3CC3)cc2C(=O)O)cn1. The largest absolute Gasteiger partial charge is 0.478 e. The average Bonchev–Trinajstić information content (AvgIpc) is 3.26. The summed E-state index contributed by atoms with van der Waals surface area (Å²) in [4.78, 5) is 15.6. The minimum Gasteiger partial charge on any atom is -0.478 e. The second-order valence-electron chi connectivity index (χ2n) is 5.20. The lowest BCUT2D eigenvalue weighted by Crippen LogP contribution is -2.04. The van der Waals surface area contributed by atoms with E-state index in [0.717, 1.165) is 29.8 Å². The van der Waals surface area contributed by atoms with Crippen LogP contribution in [0.4, 0.5) is 11.4 Å². The first-order valence-corrected chi connectivity index (χ1v) is 6.70. The van der Waals surface area contributed by atoms with Gasteiger partial charge in [0.25, 0.3) is 0 Å². The normalized spacial score (nSPS) is 14.1. The van der Waals surface area contributed by atoms with Gasteiger partial charge in [-0.3, -0.25) is 4.98 Å². The minimum atomic E-state index is -0.907. The monoisotopic (exact) mass is 268 g/mol. The molecule has 1 saturated carbocycles. The molecule has 0 aliphatic heterocycles. The molecule has 0 spiro atoms. The topological polar surface area (TPSA) is 62.2 Å². The highest BCUT2D eigenvalue weighted by Crippen LogP contribution is 2.41. The molecule has 20 heavy (non-hydrogen) atoms. The fourth-order valence-electron chi connectivity index (χ4n) is 2.22. The van der Waals surface area contributed by atoms with Crippen LogP contribution in [0.2, 0.25) is 0 Å². The number of carboxylic acids is 1. The molecule has 0 unspecified atom stereocenters. The van der Waals surface area contributed by atoms with Crippen LogP contribution in [0.25, 0.3) is 0 Å². The molecular weight excluding hydrogens is 252 g/mol. The molecule has 1 aromatic carbocycles. The molecule has 3 rings (SSSR count). The van der Waals surface area contributed by atoms with Crippen molar-refractivity contribution in [2.75, 3.05) is 5.32 Å². The Hall–Kier alpha value is -2.36. The number of benzene rings is 1. The highest BCUT2D eigenvalue weighted by molar-refractivity contribution is 5.95. The van der Waals surface area contributed by atoms with Gasteiger partial charge in [-0.1, -0.05) is 6.07 Å². The number of anilines is 2. The Morgan fingerprint density at radius 1 is 1.30 bits per heavy atom. The molecule has 4 heteroatoms. The smallest absolute Gasteiger partial charge is 0.337 e. The number of carbonyl (C=O) groups is 1. The number of nitrogens with one attached hydrogen (secondary N) is 1. The maximum absolute atomic E-state index is 11.4. The lowest BCUT2D eigenvalue weighted by Gasteiger charge is -2.11. The van der Waals surface area contributed by atoms with Crippen molar-refractivity contribution in [3.63, 3.8) is 0 Å². The van der Waals surface area contributed by atoms with Gasteiger partial charge in [-0.2, -0.15) is 0 Å². The number of aromatic carboxylic acids is 1. The molecule has 0 bridgehead atoms. The van der Waals surface area contributed by atoms with E-state index in [2.05, 4.69) is 10.3 Å². The van der Waals surface area contributed by atoms with E-state index in [9.17, 15) is 9.90 Å². The summed E-state index contributed by atoms with van der Waals surface area (Å²) >= 11 is 0. The van der Waals surface area contributed by atoms with E-state index in [4.69, 9.17) is 0 Å². The van der Waals surface area contributed by atoms with E-state index in [1.807, 2.05) is 31.2 Å². The standard InChI is InChI=1S/C16H16N2O2/c1-10-2-6-13(9-17-10)18-15-7-5-12(11-3-4-11)8-14(15)16(19)20/h2,5-9,11,18H,3-4H2,1H3,(H,19,20). The quantitative estimate of drug-likeness (QED) is 0.887. The van der Waals surface area contributed by atoms with Gasteiger partial charge in [-0.05, 0) is 55.5 Å². The molecule has 1 heterocycles. The van der Waals surface area contributed by atoms with E-state index in [1.165, 1.54) is 0 Å². The van der Waals surface area contributed by atoms with Crippen LogP contribution in [-0.4, -0.2) is 16.1 Å². The van der Waals surface area contributed by atoms with Crippen molar-refractivity contribution in [2.24, 2.45) is 0 Å². The summed E-state index contributed by atoms with van der Waals surface area (Å²) in [5.74, 6) is -0.363. The van der Waals surface area contributed by atoms with Crippen LogP contribution in [0, 0.1) is 6.92 Å². The molecule has 1 aliphatic rings. The van der Waals surface area contributed by atoms with E-state index >= 15 is 0 Å². The van der Waals surface area contributed by atoms with Crippen LogP contribution in [-0.2, 0) is 0 Å². The zero-order chi connectivity index (χ0) is 14.1. The number of rotatable bonds is 4. The second-order valence-corrected chi connectivity index (χ2v) is 5.20. The number of carboxylic acid groups (broad SMARTS) is 1. The molecule has 1 fully saturated rings. The van der Waals surface area contributed by atoms with Crippen molar-refractivity contribution < 1.29 is 9.90 Å². The predicted molar refractivity (Wildman–Crippen MR) is 77.6 cm³/mol. The molecule has 0 radical (unpaired) electrons. The van der Waals surface area contributed by atoms with Crippen molar-refractivity contribution in [1.29, 1.82) is 0 Å². The van der Waals surface area contributed by atoms with Gasteiger partial charge in [0.05, 0.1) is 23.1 Å². The summed E-state index contributed by atoms with van der Waals surface area (Å²) in [6, 6.07) is 9.42. The maximum Gasteiger partial charge on any atom is 0.337 e. The van der Waals surface area contributed by atoms with E-state index in [-0.39, 0.29) is 0 Å². The average molecular weight is 268 g/mol. The Balaban J connectivity index is 1.91. The molecule has 1 aliphatic carbocycles. The Labute approximate surface area is 117 Å². The maximum atomic E-state index is 11.4. The van der Waals surface area contributed by atoms with Gasteiger partial charge in [0.15, 0.2) is 0 Å². The Morgan fingerprint density at radius 2 is 2.10 bits per heavy atom. The van der Waals surface area contributed by atoms with E-state index < -0.39 is 5.97 Å². The van der Waals surface area contributed by atoms with Gasteiger partial charge in [0.1, 0.15) is 0 Å². The van der Waals surface area contributed by atoms with E-state index in [0.29, 0.717) is 17.2 Å². The first kappa shape index (κ1) is 12.7. The van der Waals surface area contributed by atoms with Crippen molar-refractivity contribution in [3.8, 4) is 0 Å². The van der Waals surface area contributed by atoms with Crippen LogP contribution >= 0.6 is 0 Å².